The van der Waals surface area contributed by atoms with Crippen molar-refractivity contribution in [2.24, 2.45) is 11.8 Å². The molecule has 1 fully saturated rings. The molecule has 1 aromatic carbocycles. The van der Waals surface area contributed by atoms with E-state index in [1.54, 1.807) is 18.2 Å². The van der Waals surface area contributed by atoms with Crippen LogP contribution in [0.2, 0.25) is 0 Å². The van der Waals surface area contributed by atoms with Crippen molar-refractivity contribution in [2.45, 2.75) is 56.2 Å². The number of anilines is 2. The number of rotatable bonds is 9. The molecule has 10 heteroatoms. The number of aromatic nitrogens is 2. The van der Waals surface area contributed by atoms with Crippen LogP contribution in [0.15, 0.2) is 22.5 Å². The number of carbonyl (C=O) groups is 2. The highest BCUT2D eigenvalue weighted by Gasteiger charge is 2.26. The molecule has 0 saturated heterocycles. The number of fused-ring (bicyclic) bond motifs is 1. The van der Waals surface area contributed by atoms with Crippen molar-refractivity contribution in [3.05, 3.63) is 18.2 Å². The molecular formula is C22H28N4O4S2. The standard InChI is InChI=1S/C22H28N4O4S2/c1-2-3-4-14-5-7-15(8-6-14)20(28)24-21-25-26-22(32-21)31-12-19(27)23-16-9-10-17-18(11-16)30-13-29-17/h9-11,14-15H,2-8,12-13H2,1H3,(H,23,27)(H,24,25,28). The van der Waals surface area contributed by atoms with Crippen LogP contribution in [0.5, 0.6) is 11.5 Å². The van der Waals surface area contributed by atoms with Crippen molar-refractivity contribution in [3.63, 3.8) is 0 Å². The van der Waals surface area contributed by atoms with Gasteiger partial charge in [-0.05, 0) is 43.7 Å². The Hall–Kier alpha value is -2.33. The van der Waals surface area contributed by atoms with E-state index in [1.165, 1.54) is 42.4 Å². The first-order valence-corrected chi connectivity index (χ1v) is 12.9. The van der Waals surface area contributed by atoms with Gasteiger partial charge in [-0.2, -0.15) is 0 Å². The van der Waals surface area contributed by atoms with Crippen LogP contribution in [0.3, 0.4) is 0 Å². The van der Waals surface area contributed by atoms with Crippen molar-refractivity contribution in [2.75, 3.05) is 23.2 Å². The minimum absolute atomic E-state index is 0.0344. The number of nitrogens with one attached hydrogen (secondary N) is 2. The van der Waals surface area contributed by atoms with Gasteiger partial charge in [0.25, 0.3) is 0 Å². The quantitative estimate of drug-likeness (QED) is 0.391. The summed E-state index contributed by atoms with van der Waals surface area (Å²) < 4.78 is 11.2. The molecule has 4 rings (SSSR count). The Morgan fingerprint density at radius 1 is 1.12 bits per heavy atom. The van der Waals surface area contributed by atoms with Crippen LogP contribution < -0.4 is 20.1 Å². The molecule has 0 unspecified atom stereocenters. The van der Waals surface area contributed by atoms with E-state index in [4.69, 9.17) is 9.47 Å². The molecule has 2 aliphatic rings. The third kappa shape index (κ3) is 6.13. The van der Waals surface area contributed by atoms with Gasteiger partial charge in [0.1, 0.15) is 0 Å². The maximum atomic E-state index is 12.6. The number of carbonyl (C=O) groups excluding carboxylic acids is 2. The Morgan fingerprint density at radius 3 is 2.75 bits per heavy atom. The average molecular weight is 477 g/mol. The van der Waals surface area contributed by atoms with Gasteiger partial charge in [0, 0.05) is 17.7 Å². The van der Waals surface area contributed by atoms with Crippen LogP contribution in [0.1, 0.15) is 51.9 Å². The molecule has 2 aromatic rings. The normalized spacial score (nSPS) is 19.5. The number of hydrogen-bond donors (Lipinski definition) is 2. The summed E-state index contributed by atoms with van der Waals surface area (Å²) in [6.45, 7) is 2.41. The second-order valence-corrected chi connectivity index (χ2v) is 10.3. The number of thioether (sulfide) groups is 1. The third-order valence-electron chi connectivity index (χ3n) is 5.80. The van der Waals surface area contributed by atoms with Crippen LogP contribution in [-0.4, -0.2) is 34.6 Å². The van der Waals surface area contributed by atoms with Crippen LogP contribution in [-0.2, 0) is 9.59 Å². The monoisotopic (exact) mass is 476 g/mol. The summed E-state index contributed by atoms with van der Waals surface area (Å²) in [4.78, 5) is 24.8. The molecule has 1 aromatic heterocycles. The number of amides is 2. The Bertz CT molecular complexity index is 944. The average Bonchev–Trinajstić information content (AvgIpc) is 3.45. The lowest BCUT2D eigenvalue weighted by molar-refractivity contribution is -0.121. The second-order valence-electron chi connectivity index (χ2n) is 8.13. The molecule has 0 bridgehead atoms. The van der Waals surface area contributed by atoms with E-state index < -0.39 is 0 Å². The van der Waals surface area contributed by atoms with Crippen molar-refractivity contribution < 1.29 is 19.1 Å². The zero-order valence-electron chi connectivity index (χ0n) is 18.1. The molecule has 32 heavy (non-hydrogen) atoms. The van der Waals surface area contributed by atoms with Gasteiger partial charge in [-0.25, -0.2) is 0 Å². The second kappa shape index (κ2) is 11.0. The van der Waals surface area contributed by atoms with Gasteiger partial charge in [-0.3, -0.25) is 9.59 Å². The fraction of sp³-hybridized carbons (Fsp3) is 0.545. The summed E-state index contributed by atoms with van der Waals surface area (Å²) >= 11 is 2.58. The fourth-order valence-corrected chi connectivity index (χ4v) is 5.59. The van der Waals surface area contributed by atoms with Gasteiger partial charge in [0.15, 0.2) is 15.8 Å². The summed E-state index contributed by atoms with van der Waals surface area (Å²) in [6, 6.07) is 5.27. The van der Waals surface area contributed by atoms with Crippen LogP contribution in [0.25, 0.3) is 0 Å². The van der Waals surface area contributed by atoms with Gasteiger partial charge < -0.3 is 20.1 Å². The Morgan fingerprint density at radius 2 is 1.94 bits per heavy atom. The maximum absolute atomic E-state index is 12.6. The van der Waals surface area contributed by atoms with E-state index in [-0.39, 0.29) is 30.3 Å². The zero-order valence-corrected chi connectivity index (χ0v) is 19.7. The minimum Gasteiger partial charge on any atom is -0.454 e. The van der Waals surface area contributed by atoms with Crippen LogP contribution >= 0.6 is 23.1 Å². The first kappa shape index (κ1) is 22.8. The summed E-state index contributed by atoms with van der Waals surface area (Å²) in [6.07, 6.45) is 7.95. The van der Waals surface area contributed by atoms with Gasteiger partial charge in [-0.1, -0.05) is 49.3 Å². The van der Waals surface area contributed by atoms with E-state index in [0.717, 1.165) is 31.6 Å². The molecule has 0 radical (unpaired) electrons. The van der Waals surface area contributed by atoms with Gasteiger partial charge >= 0.3 is 0 Å². The first-order valence-electron chi connectivity index (χ1n) is 11.1. The molecule has 1 saturated carbocycles. The molecule has 2 amide bonds. The lowest BCUT2D eigenvalue weighted by atomic mass is 9.79. The highest BCUT2D eigenvalue weighted by atomic mass is 32.2. The van der Waals surface area contributed by atoms with E-state index >= 15 is 0 Å². The Balaban J connectivity index is 1.19. The largest absolute Gasteiger partial charge is 0.454 e. The van der Waals surface area contributed by atoms with Crippen molar-refractivity contribution in [1.82, 2.24) is 10.2 Å². The number of unbranched alkanes of at least 4 members (excludes halogenated alkanes) is 1. The number of benzene rings is 1. The Kier molecular flexibility index (Phi) is 7.85. The predicted octanol–water partition coefficient (Wildman–Crippen LogP) is 4.93. The summed E-state index contributed by atoms with van der Waals surface area (Å²) in [7, 11) is 0. The molecule has 0 spiro atoms. The maximum Gasteiger partial charge on any atom is 0.234 e. The highest BCUT2D eigenvalue weighted by molar-refractivity contribution is 8.01. The minimum atomic E-state index is -0.158. The number of hydrogen-bond acceptors (Lipinski definition) is 8. The molecular weight excluding hydrogens is 448 g/mol. The third-order valence-corrected chi connectivity index (χ3v) is 7.78. The van der Waals surface area contributed by atoms with Crippen molar-refractivity contribution in [1.29, 1.82) is 0 Å². The molecule has 172 valence electrons. The van der Waals surface area contributed by atoms with Crippen LogP contribution in [0, 0.1) is 11.8 Å². The lowest BCUT2D eigenvalue weighted by Crippen LogP contribution is -2.27. The van der Waals surface area contributed by atoms with Crippen molar-refractivity contribution >= 4 is 45.7 Å². The summed E-state index contributed by atoms with van der Waals surface area (Å²) in [5.41, 5.74) is 0.648. The smallest absolute Gasteiger partial charge is 0.234 e. The van der Waals surface area contributed by atoms with Crippen molar-refractivity contribution in [3.8, 4) is 11.5 Å². The number of ether oxygens (including phenoxy) is 2. The van der Waals surface area contributed by atoms with E-state index in [0.29, 0.717) is 26.7 Å². The topological polar surface area (TPSA) is 102 Å². The lowest BCUT2D eigenvalue weighted by Gasteiger charge is -2.27. The molecule has 0 atom stereocenters. The number of nitrogens with zero attached hydrogens (tertiary/aromatic N) is 2. The SMILES string of the molecule is CCCCC1CCC(C(=O)Nc2nnc(SCC(=O)Nc3ccc4c(c3)OCO4)s2)CC1. The van der Waals surface area contributed by atoms with Gasteiger partial charge in [-0.15, -0.1) is 10.2 Å². The zero-order chi connectivity index (χ0) is 22.3. The predicted molar refractivity (Wildman–Crippen MR) is 125 cm³/mol. The molecule has 2 heterocycles. The first-order chi connectivity index (χ1) is 15.6. The van der Waals surface area contributed by atoms with Gasteiger partial charge in [0.05, 0.1) is 5.75 Å². The fourth-order valence-electron chi connectivity index (χ4n) is 4.03. The van der Waals surface area contributed by atoms with E-state index in [9.17, 15) is 9.59 Å². The highest BCUT2D eigenvalue weighted by Crippen LogP contribution is 2.35. The van der Waals surface area contributed by atoms with Gasteiger partial charge in [0.2, 0.25) is 23.7 Å². The van der Waals surface area contributed by atoms with E-state index in [2.05, 4.69) is 27.8 Å². The Labute approximate surface area is 195 Å². The summed E-state index contributed by atoms with van der Waals surface area (Å²) in [5.74, 6) is 2.19. The van der Waals surface area contributed by atoms with Crippen LogP contribution in [0.4, 0.5) is 10.8 Å². The molecule has 1 aliphatic carbocycles. The summed E-state index contributed by atoms with van der Waals surface area (Å²) in [5, 5.41) is 14.4. The van der Waals surface area contributed by atoms with E-state index in [1.807, 2.05) is 0 Å². The molecule has 2 N–H and O–H groups in total. The molecule has 1 aliphatic heterocycles. The molecule has 8 nitrogen and oxygen atoms in total.